The Hall–Kier alpha value is -2.90. The van der Waals surface area contributed by atoms with Gasteiger partial charge in [0.05, 0.1) is 12.7 Å². The lowest BCUT2D eigenvalue weighted by atomic mass is 9.96. The van der Waals surface area contributed by atoms with E-state index in [1.165, 1.54) is 0 Å². The number of carboxylic acids is 1. The van der Waals surface area contributed by atoms with Gasteiger partial charge in [-0.15, -0.1) is 0 Å². The maximum absolute atomic E-state index is 12.4. The highest BCUT2D eigenvalue weighted by Gasteiger charge is 2.45. The molecule has 7 nitrogen and oxygen atoms in total. The highest BCUT2D eigenvalue weighted by atomic mass is 16.6. The molecule has 1 amide bonds. The lowest BCUT2D eigenvalue weighted by molar-refractivity contribution is -0.160. The number of aliphatic carboxylic acids is 1. The van der Waals surface area contributed by atoms with Crippen molar-refractivity contribution in [3.8, 4) is 0 Å². The Kier molecular flexibility index (Phi) is 6.62. The SMILES string of the molecule is O=C(O)[C@@H]1[C@H](O)[C@H](OCc2ccccc2)CCN1C(=O)OCc1ccccc1. The van der Waals surface area contributed by atoms with Crippen LogP contribution < -0.4 is 0 Å². The van der Waals surface area contributed by atoms with E-state index in [4.69, 9.17) is 9.47 Å². The number of carboxylic acid groups (broad SMARTS) is 1. The molecule has 3 rings (SSSR count). The van der Waals surface area contributed by atoms with Gasteiger partial charge >= 0.3 is 12.1 Å². The lowest BCUT2D eigenvalue weighted by Gasteiger charge is -2.39. The van der Waals surface area contributed by atoms with E-state index in [0.717, 1.165) is 16.0 Å². The van der Waals surface area contributed by atoms with E-state index in [-0.39, 0.29) is 19.8 Å². The van der Waals surface area contributed by atoms with Gasteiger partial charge in [0.25, 0.3) is 0 Å². The second-order valence-electron chi connectivity index (χ2n) is 6.63. The number of ether oxygens (including phenoxy) is 2. The predicted molar refractivity (Wildman–Crippen MR) is 100 cm³/mol. The van der Waals surface area contributed by atoms with Crippen LogP contribution in [0.25, 0.3) is 0 Å². The Morgan fingerprint density at radius 1 is 0.964 bits per heavy atom. The van der Waals surface area contributed by atoms with Crippen LogP contribution in [0.5, 0.6) is 0 Å². The van der Waals surface area contributed by atoms with Crippen LogP contribution in [-0.2, 0) is 27.5 Å². The van der Waals surface area contributed by atoms with Crippen LogP contribution in [0.2, 0.25) is 0 Å². The van der Waals surface area contributed by atoms with E-state index in [9.17, 15) is 19.8 Å². The maximum atomic E-state index is 12.4. The fraction of sp³-hybridized carbons (Fsp3) is 0.333. The summed E-state index contributed by atoms with van der Waals surface area (Å²) in [5.41, 5.74) is 1.72. The number of aliphatic hydroxyl groups excluding tert-OH is 1. The van der Waals surface area contributed by atoms with Crippen molar-refractivity contribution in [3.63, 3.8) is 0 Å². The van der Waals surface area contributed by atoms with Gasteiger partial charge in [0.2, 0.25) is 0 Å². The van der Waals surface area contributed by atoms with E-state index < -0.39 is 30.3 Å². The first kappa shape index (κ1) is 19.9. The van der Waals surface area contributed by atoms with Gasteiger partial charge in [0, 0.05) is 6.54 Å². The second kappa shape index (κ2) is 9.34. The van der Waals surface area contributed by atoms with E-state index in [1.54, 1.807) is 12.1 Å². The lowest BCUT2D eigenvalue weighted by Crippen LogP contribution is -2.60. The monoisotopic (exact) mass is 385 g/mol. The van der Waals surface area contributed by atoms with Crippen LogP contribution in [0.3, 0.4) is 0 Å². The van der Waals surface area contributed by atoms with Crippen LogP contribution in [0.1, 0.15) is 17.5 Å². The first-order chi connectivity index (χ1) is 13.6. The van der Waals surface area contributed by atoms with Crippen molar-refractivity contribution in [2.24, 2.45) is 0 Å². The maximum Gasteiger partial charge on any atom is 0.410 e. The van der Waals surface area contributed by atoms with Crippen LogP contribution in [0.4, 0.5) is 4.79 Å². The Morgan fingerprint density at radius 2 is 1.54 bits per heavy atom. The minimum absolute atomic E-state index is 0.0343. The van der Waals surface area contributed by atoms with Gasteiger partial charge in [-0.3, -0.25) is 4.90 Å². The van der Waals surface area contributed by atoms with Gasteiger partial charge in [-0.25, -0.2) is 9.59 Å². The molecule has 1 heterocycles. The van der Waals surface area contributed by atoms with Crippen molar-refractivity contribution in [2.45, 2.75) is 37.9 Å². The number of carbonyl (C=O) groups excluding carboxylic acids is 1. The van der Waals surface area contributed by atoms with Crippen molar-refractivity contribution in [2.75, 3.05) is 6.54 Å². The number of benzene rings is 2. The summed E-state index contributed by atoms with van der Waals surface area (Å²) >= 11 is 0. The molecule has 1 fully saturated rings. The third-order valence-corrected chi connectivity index (χ3v) is 4.69. The molecule has 1 aliphatic rings. The third kappa shape index (κ3) is 4.88. The van der Waals surface area contributed by atoms with Crippen molar-refractivity contribution in [3.05, 3.63) is 71.8 Å². The summed E-state index contributed by atoms with van der Waals surface area (Å²) in [6.45, 7) is 0.418. The summed E-state index contributed by atoms with van der Waals surface area (Å²) in [7, 11) is 0. The standard InChI is InChI=1S/C21H23NO6/c23-19-17(27-13-15-7-3-1-4-8-15)11-12-22(18(19)20(24)25)21(26)28-14-16-9-5-2-6-10-16/h1-10,17-19,23H,11-14H2,(H,24,25)/t17-,18+,19-/m1/s1. The number of hydrogen-bond acceptors (Lipinski definition) is 5. The number of carbonyl (C=O) groups is 2. The molecule has 2 aromatic rings. The van der Waals surface area contributed by atoms with Crippen molar-refractivity contribution in [1.82, 2.24) is 4.90 Å². The molecule has 0 aromatic heterocycles. The summed E-state index contributed by atoms with van der Waals surface area (Å²) in [4.78, 5) is 25.2. The van der Waals surface area contributed by atoms with Crippen molar-refractivity contribution < 1.29 is 29.3 Å². The zero-order chi connectivity index (χ0) is 19.9. The Labute approximate surface area is 163 Å². The van der Waals surface area contributed by atoms with E-state index in [0.29, 0.717) is 6.42 Å². The average Bonchev–Trinajstić information content (AvgIpc) is 2.72. The minimum Gasteiger partial charge on any atom is -0.480 e. The molecule has 0 spiro atoms. The summed E-state index contributed by atoms with van der Waals surface area (Å²) < 4.78 is 11.0. The smallest absolute Gasteiger partial charge is 0.410 e. The number of nitrogens with zero attached hydrogens (tertiary/aromatic N) is 1. The predicted octanol–water partition coefficient (Wildman–Crippen LogP) is 2.43. The molecule has 1 saturated heterocycles. The quantitative estimate of drug-likeness (QED) is 0.793. The molecule has 28 heavy (non-hydrogen) atoms. The zero-order valence-electron chi connectivity index (χ0n) is 15.3. The molecule has 0 aliphatic carbocycles. The number of rotatable bonds is 6. The number of hydrogen-bond donors (Lipinski definition) is 2. The molecule has 148 valence electrons. The van der Waals surface area contributed by atoms with Crippen molar-refractivity contribution in [1.29, 1.82) is 0 Å². The summed E-state index contributed by atoms with van der Waals surface area (Å²) in [6.07, 6.45) is -2.48. The van der Waals surface area contributed by atoms with Gasteiger partial charge in [0.15, 0.2) is 6.04 Å². The number of aliphatic hydroxyl groups is 1. The van der Waals surface area contributed by atoms with Crippen LogP contribution >= 0.6 is 0 Å². The van der Waals surface area contributed by atoms with E-state index in [2.05, 4.69) is 0 Å². The highest BCUT2D eigenvalue weighted by Crippen LogP contribution is 2.23. The van der Waals surface area contributed by atoms with Gasteiger partial charge < -0.3 is 19.7 Å². The first-order valence-corrected chi connectivity index (χ1v) is 9.10. The minimum atomic E-state index is -1.42. The second-order valence-corrected chi connectivity index (χ2v) is 6.63. The number of piperidine rings is 1. The highest BCUT2D eigenvalue weighted by molar-refractivity contribution is 5.81. The first-order valence-electron chi connectivity index (χ1n) is 9.10. The van der Waals surface area contributed by atoms with Crippen LogP contribution in [-0.4, -0.2) is 52.0 Å². The molecular weight excluding hydrogens is 362 g/mol. The average molecular weight is 385 g/mol. The topological polar surface area (TPSA) is 96.3 Å². The fourth-order valence-electron chi connectivity index (χ4n) is 3.21. The summed E-state index contributed by atoms with van der Waals surface area (Å²) in [5.74, 6) is -1.29. The Bertz CT molecular complexity index is 782. The normalized spacial score (nSPS) is 21.9. The third-order valence-electron chi connectivity index (χ3n) is 4.69. The Balaban J connectivity index is 1.60. The van der Waals surface area contributed by atoms with Crippen molar-refractivity contribution >= 4 is 12.1 Å². The molecule has 7 heteroatoms. The Morgan fingerprint density at radius 3 is 2.11 bits per heavy atom. The van der Waals surface area contributed by atoms with Gasteiger partial charge in [0.1, 0.15) is 12.7 Å². The fourth-order valence-corrected chi connectivity index (χ4v) is 3.21. The molecule has 1 aliphatic heterocycles. The molecule has 2 aromatic carbocycles. The molecule has 3 atom stereocenters. The molecular formula is C21H23NO6. The van der Waals surface area contributed by atoms with Crippen LogP contribution in [0.15, 0.2) is 60.7 Å². The van der Waals surface area contributed by atoms with E-state index >= 15 is 0 Å². The van der Waals surface area contributed by atoms with Crippen LogP contribution in [0, 0.1) is 0 Å². The largest absolute Gasteiger partial charge is 0.480 e. The van der Waals surface area contributed by atoms with E-state index in [1.807, 2.05) is 48.5 Å². The summed E-state index contributed by atoms with van der Waals surface area (Å²) in [6, 6.07) is 17.1. The molecule has 0 saturated carbocycles. The van der Waals surface area contributed by atoms with Gasteiger partial charge in [-0.1, -0.05) is 60.7 Å². The van der Waals surface area contributed by atoms with Gasteiger partial charge in [-0.2, -0.15) is 0 Å². The molecule has 0 unspecified atom stereocenters. The zero-order valence-corrected chi connectivity index (χ0v) is 15.3. The number of likely N-dealkylation sites (tertiary alicyclic amines) is 1. The summed E-state index contributed by atoms with van der Waals surface area (Å²) in [5, 5.41) is 20.1. The number of amides is 1. The molecule has 0 radical (unpaired) electrons. The molecule has 0 bridgehead atoms. The molecule has 2 N–H and O–H groups in total. The van der Waals surface area contributed by atoms with Gasteiger partial charge in [-0.05, 0) is 17.5 Å².